The second kappa shape index (κ2) is 9.63. The molecule has 3 N–H and O–H groups in total. The summed E-state index contributed by atoms with van der Waals surface area (Å²) in [6, 6.07) is 3.26. The third kappa shape index (κ3) is 5.42. The van der Waals surface area contributed by atoms with Gasteiger partial charge in [-0.05, 0) is 50.3 Å². The number of carbonyl (C=O) groups is 2. The van der Waals surface area contributed by atoms with Gasteiger partial charge in [0.1, 0.15) is 10.6 Å². The molecule has 1 aliphatic heterocycles. The van der Waals surface area contributed by atoms with E-state index >= 15 is 0 Å². The van der Waals surface area contributed by atoms with Crippen LogP contribution < -0.4 is 10.6 Å². The van der Waals surface area contributed by atoms with Gasteiger partial charge < -0.3 is 15.7 Å². The summed E-state index contributed by atoms with van der Waals surface area (Å²) in [5, 5.41) is 18.7. The lowest BCUT2D eigenvalue weighted by molar-refractivity contribution is -0.137. The van der Waals surface area contributed by atoms with Crippen molar-refractivity contribution < 1.29 is 27.9 Å². The van der Waals surface area contributed by atoms with Crippen LogP contribution in [-0.2, 0) is 16.6 Å². The number of amides is 2. The van der Waals surface area contributed by atoms with Crippen molar-refractivity contribution in [2.24, 2.45) is 0 Å². The maximum Gasteiger partial charge on any atom is 0.416 e. The Balaban J connectivity index is 1.19. The monoisotopic (exact) mass is 496 g/mol. The van der Waals surface area contributed by atoms with Crippen LogP contribution in [0, 0.1) is 6.92 Å². The Morgan fingerprint density at radius 2 is 1.97 bits per heavy atom. The standard InChI is InChI=1S/C23H27F3N4O3S/c1-14-2-3-15(23(24,25)26)10-18(14)20(32)28-11-19(31)29-16-12-30(13-16)17-4-6-22(33,7-5-17)21-27-8-9-34-21/h2-3,8-10,16-17,33H,4-7,11-13H2,1H3,(H,28,32)(H,29,31). The normalized spacial score (nSPS) is 23.9. The van der Waals surface area contributed by atoms with Gasteiger partial charge in [-0.3, -0.25) is 14.5 Å². The molecule has 11 heteroatoms. The molecule has 34 heavy (non-hydrogen) atoms. The lowest BCUT2D eigenvalue weighted by Gasteiger charge is -2.47. The molecule has 1 aromatic heterocycles. The summed E-state index contributed by atoms with van der Waals surface area (Å²) in [6.07, 6.45) is 0.162. The fraction of sp³-hybridized carbons (Fsp3) is 0.522. The number of likely N-dealkylation sites (tertiary alicyclic amines) is 1. The van der Waals surface area contributed by atoms with Crippen molar-refractivity contribution in [1.82, 2.24) is 20.5 Å². The Hall–Kier alpha value is -2.50. The van der Waals surface area contributed by atoms with E-state index < -0.39 is 23.2 Å². The Labute approximate surface area is 199 Å². The minimum Gasteiger partial charge on any atom is -0.383 e. The number of aryl methyl sites for hydroxylation is 1. The highest BCUT2D eigenvalue weighted by atomic mass is 32.1. The second-order valence-corrected chi connectivity index (χ2v) is 9.92. The molecule has 1 aliphatic carbocycles. The van der Waals surface area contributed by atoms with E-state index in [4.69, 9.17) is 0 Å². The van der Waals surface area contributed by atoms with Crippen LogP contribution in [0.5, 0.6) is 0 Å². The Morgan fingerprint density at radius 1 is 1.26 bits per heavy atom. The van der Waals surface area contributed by atoms with Crippen LogP contribution in [-0.4, -0.2) is 58.5 Å². The molecule has 184 valence electrons. The molecular formula is C23H27F3N4O3S. The Kier molecular flexibility index (Phi) is 6.97. The molecule has 2 amide bonds. The summed E-state index contributed by atoms with van der Waals surface area (Å²) in [7, 11) is 0. The number of aliphatic hydroxyl groups is 1. The number of hydrogen-bond acceptors (Lipinski definition) is 6. The fourth-order valence-electron chi connectivity index (χ4n) is 4.59. The maximum absolute atomic E-state index is 12.9. The summed E-state index contributed by atoms with van der Waals surface area (Å²) >= 11 is 1.47. The molecule has 2 aliphatic rings. The number of rotatable bonds is 6. The first kappa shape index (κ1) is 24.6. The van der Waals surface area contributed by atoms with Crippen molar-refractivity contribution in [2.45, 2.75) is 56.5 Å². The van der Waals surface area contributed by atoms with E-state index in [9.17, 15) is 27.9 Å². The molecule has 0 atom stereocenters. The van der Waals surface area contributed by atoms with Crippen molar-refractivity contribution in [3.05, 3.63) is 51.5 Å². The quantitative estimate of drug-likeness (QED) is 0.572. The van der Waals surface area contributed by atoms with Crippen molar-refractivity contribution in [1.29, 1.82) is 0 Å². The molecule has 0 unspecified atom stereocenters. The SMILES string of the molecule is Cc1ccc(C(F)(F)F)cc1C(=O)NCC(=O)NC1CN(C2CCC(O)(c3nccs3)CC2)C1. The van der Waals surface area contributed by atoms with Gasteiger partial charge in [0.15, 0.2) is 0 Å². The van der Waals surface area contributed by atoms with Crippen LogP contribution in [0.3, 0.4) is 0 Å². The number of aromatic nitrogens is 1. The van der Waals surface area contributed by atoms with Gasteiger partial charge in [-0.25, -0.2) is 4.98 Å². The molecule has 2 fully saturated rings. The zero-order chi connectivity index (χ0) is 24.5. The molecule has 2 heterocycles. The molecule has 2 aromatic rings. The molecule has 7 nitrogen and oxygen atoms in total. The molecule has 0 spiro atoms. The smallest absolute Gasteiger partial charge is 0.383 e. The highest BCUT2D eigenvalue weighted by Gasteiger charge is 2.41. The lowest BCUT2D eigenvalue weighted by atomic mass is 9.81. The molecule has 4 rings (SSSR count). The van der Waals surface area contributed by atoms with Crippen LogP contribution in [0.2, 0.25) is 0 Å². The summed E-state index contributed by atoms with van der Waals surface area (Å²) in [5.41, 5.74) is -1.46. The maximum atomic E-state index is 12.9. The van der Waals surface area contributed by atoms with Gasteiger partial charge in [0.05, 0.1) is 18.2 Å². The van der Waals surface area contributed by atoms with Crippen molar-refractivity contribution in [3.63, 3.8) is 0 Å². The van der Waals surface area contributed by atoms with Gasteiger partial charge in [-0.1, -0.05) is 6.07 Å². The summed E-state index contributed by atoms with van der Waals surface area (Å²) in [6.45, 7) is 2.61. The average molecular weight is 497 g/mol. The van der Waals surface area contributed by atoms with Gasteiger partial charge in [0.25, 0.3) is 5.91 Å². The van der Waals surface area contributed by atoms with E-state index in [0.29, 0.717) is 37.5 Å². The summed E-state index contributed by atoms with van der Waals surface area (Å²) in [4.78, 5) is 31.1. The summed E-state index contributed by atoms with van der Waals surface area (Å²) < 4.78 is 38.8. The number of nitrogens with one attached hydrogen (secondary N) is 2. The first-order chi connectivity index (χ1) is 16.0. The number of carbonyl (C=O) groups excluding carboxylic acids is 2. The predicted octanol–water partition coefficient (Wildman–Crippen LogP) is 2.83. The van der Waals surface area contributed by atoms with Crippen LogP contribution in [0.4, 0.5) is 13.2 Å². The molecule has 1 saturated heterocycles. The van der Waals surface area contributed by atoms with Crippen molar-refractivity contribution in [3.8, 4) is 0 Å². The number of alkyl halides is 3. The van der Waals surface area contributed by atoms with Gasteiger partial charge >= 0.3 is 6.18 Å². The van der Waals surface area contributed by atoms with E-state index in [1.165, 1.54) is 17.4 Å². The van der Waals surface area contributed by atoms with Crippen LogP contribution in [0.15, 0.2) is 29.8 Å². The first-order valence-corrected chi connectivity index (χ1v) is 12.0. The third-order valence-electron chi connectivity index (χ3n) is 6.62. The van der Waals surface area contributed by atoms with E-state index in [1.54, 1.807) is 13.1 Å². The van der Waals surface area contributed by atoms with Gasteiger partial charge in [-0.2, -0.15) is 13.2 Å². The molecule has 1 saturated carbocycles. The van der Waals surface area contributed by atoms with Crippen molar-refractivity contribution in [2.75, 3.05) is 19.6 Å². The van der Waals surface area contributed by atoms with Gasteiger partial charge in [0, 0.05) is 36.3 Å². The van der Waals surface area contributed by atoms with E-state index in [0.717, 1.165) is 30.0 Å². The first-order valence-electron chi connectivity index (χ1n) is 11.2. The number of benzene rings is 1. The number of thiazole rings is 1. The van der Waals surface area contributed by atoms with Crippen LogP contribution in [0.25, 0.3) is 0 Å². The number of nitrogens with zero attached hydrogens (tertiary/aromatic N) is 2. The highest BCUT2D eigenvalue weighted by Crippen LogP contribution is 2.40. The minimum absolute atomic E-state index is 0.0422. The predicted molar refractivity (Wildman–Crippen MR) is 120 cm³/mol. The fourth-order valence-corrected chi connectivity index (χ4v) is 5.39. The van der Waals surface area contributed by atoms with E-state index in [2.05, 4.69) is 20.5 Å². The zero-order valence-corrected chi connectivity index (χ0v) is 19.5. The van der Waals surface area contributed by atoms with E-state index in [-0.39, 0.29) is 24.1 Å². The van der Waals surface area contributed by atoms with Gasteiger partial charge in [0.2, 0.25) is 5.91 Å². The largest absolute Gasteiger partial charge is 0.416 e. The minimum atomic E-state index is -4.55. The Morgan fingerprint density at radius 3 is 2.59 bits per heavy atom. The highest BCUT2D eigenvalue weighted by molar-refractivity contribution is 7.09. The molecule has 0 radical (unpaired) electrons. The topological polar surface area (TPSA) is 94.6 Å². The average Bonchev–Trinajstić information content (AvgIpc) is 3.31. The number of hydrogen-bond donors (Lipinski definition) is 3. The molecular weight excluding hydrogens is 469 g/mol. The second-order valence-electron chi connectivity index (χ2n) is 9.03. The van der Waals surface area contributed by atoms with Crippen molar-refractivity contribution >= 4 is 23.2 Å². The third-order valence-corrected chi connectivity index (χ3v) is 7.59. The molecule has 1 aromatic carbocycles. The zero-order valence-electron chi connectivity index (χ0n) is 18.7. The summed E-state index contributed by atoms with van der Waals surface area (Å²) in [5.74, 6) is -1.10. The van der Waals surface area contributed by atoms with Crippen LogP contribution >= 0.6 is 11.3 Å². The number of halogens is 3. The lowest BCUT2D eigenvalue weighted by Crippen LogP contribution is -2.63. The molecule has 0 bridgehead atoms. The van der Waals surface area contributed by atoms with Crippen LogP contribution in [0.1, 0.15) is 52.2 Å². The Bertz CT molecular complexity index is 1030. The van der Waals surface area contributed by atoms with Gasteiger partial charge in [-0.15, -0.1) is 11.3 Å². The van der Waals surface area contributed by atoms with E-state index in [1.807, 2.05) is 5.38 Å².